The fourth-order valence-electron chi connectivity index (χ4n) is 3.15. The van der Waals surface area contributed by atoms with Gasteiger partial charge in [-0.2, -0.15) is 5.10 Å². The van der Waals surface area contributed by atoms with Crippen molar-refractivity contribution in [2.24, 2.45) is 5.10 Å². The van der Waals surface area contributed by atoms with Gasteiger partial charge in [0.1, 0.15) is 5.82 Å². The highest BCUT2D eigenvalue weighted by molar-refractivity contribution is 5.85. The van der Waals surface area contributed by atoms with Crippen molar-refractivity contribution in [1.82, 2.24) is 5.43 Å². The Morgan fingerprint density at radius 1 is 1.15 bits per heavy atom. The molecule has 1 heterocycles. The summed E-state index contributed by atoms with van der Waals surface area (Å²) in [6.07, 6.45) is 5.66. The van der Waals surface area contributed by atoms with E-state index >= 15 is 0 Å². The summed E-state index contributed by atoms with van der Waals surface area (Å²) in [4.78, 5) is 14.3. The number of carbonyl (C=O) groups is 1. The van der Waals surface area contributed by atoms with E-state index in [2.05, 4.69) is 34.5 Å². The molecule has 0 aromatic heterocycles. The lowest BCUT2D eigenvalue weighted by molar-refractivity contribution is -0.120. The van der Waals surface area contributed by atoms with Gasteiger partial charge >= 0.3 is 0 Å². The van der Waals surface area contributed by atoms with Gasteiger partial charge in [-0.05, 0) is 67.1 Å². The minimum atomic E-state index is -0.310. The molecule has 0 aliphatic carbocycles. The Labute approximate surface area is 153 Å². The van der Waals surface area contributed by atoms with E-state index in [1.165, 1.54) is 37.1 Å². The van der Waals surface area contributed by atoms with Crippen LogP contribution in [0, 0.1) is 12.7 Å². The fraction of sp³-hybridized carbons (Fsp3) is 0.333. The fourth-order valence-corrected chi connectivity index (χ4v) is 3.15. The number of hydrazone groups is 1. The van der Waals surface area contributed by atoms with E-state index in [0.29, 0.717) is 0 Å². The molecule has 0 radical (unpaired) electrons. The molecule has 3 rings (SSSR count). The second-order valence-electron chi connectivity index (χ2n) is 6.69. The first-order chi connectivity index (χ1) is 12.6. The van der Waals surface area contributed by atoms with Gasteiger partial charge in [-0.15, -0.1) is 0 Å². The Hall–Kier alpha value is -2.69. The second kappa shape index (κ2) is 8.61. The number of carbonyl (C=O) groups excluding carboxylic acids is 1. The van der Waals surface area contributed by atoms with Crippen LogP contribution < -0.4 is 10.3 Å². The number of aryl methyl sites for hydroxylation is 1. The number of hydrogen-bond donors (Lipinski definition) is 1. The molecule has 0 bridgehead atoms. The number of hydrogen-bond acceptors (Lipinski definition) is 3. The van der Waals surface area contributed by atoms with Gasteiger partial charge in [0, 0.05) is 18.8 Å². The maximum absolute atomic E-state index is 12.9. The van der Waals surface area contributed by atoms with Crippen molar-refractivity contribution in [3.8, 4) is 0 Å². The Bertz CT molecular complexity index is 780. The third-order valence-electron chi connectivity index (χ3n) is 4.65. The van der Waals surface area contributed by atoms with Crippen molar-refractivity contribution in [3.05, 3.63) is 65.0 Å². The first kappa shape index (κ1) is 18.1. The molecule has 1 N–H and O–H groups in total. The van der Waals surface area contributed by atoms with Crippen LogP contribution in [0.1, 0.15) is 36.0 Å². The molecule has 136 valence electrons. The van der Waals surface area contributed by atoms with Crippen molar-refractivity contribution in [1.29, 1.82) is 0 Å². The molecule has 2 aromatic rings. The van der Waals surface area contributed by atoms with E-state index in [0.717, 1.165) is 29.8 Å². The third-order valence-corrected chi connectivity index (χ3v) is 4.65. The van der Waals surface area contributed by atoms with Gasteiger partial charge in [0.25, 0.3) is 0 Å². The van der Waals surface area contributed by atoms with Crippen LogP contribution in [-0.2, 0) is 11.2 Å². The second-order valence-corrected chi connectivity index (χ2v) is 6.69. The van der Waals surface area contributed by atoms with Crippen molar-refractivity contribution < 1.29 is 9.18 Å². The van der Waals surface area contributed by atoms with Crippen molar-refractivity contribution >= 4 is 17.8 Å². The Kier molecular flexibility index (Phi) is 6.00. The molecule has 4 nitrogen and oxygen atoms in total. The summed E-state index contributed by atoms with van der Waals surface area (Å²) in [5.41, 5.74) is 6.64. The topological polar surface area (TPSA) is 44.7 Å². The lowest BCUT2D eigenvalue weighted by atomic mass is 10.1. The van der Waals surface area contributed by atoms with Crippen LogP contribution in [-0.4, -0.2) is 25.2 Å². The number of amides is 1. The maximum Gasteiger partial charge on any atom is 0.244 e. The zero-order chi connectivity index (χ0) is 18.4. The van der Waals surface area contributed by atoms with Crippen LogP contribution >= 0.6 is 0 Å². The number of anilines is 1. The van der Waals surface area contributed by atoms with Crippen molar-refractivity contribution in [2.75, 3.05) is 18.0 Å². The van der Waals surface area contributed by atoms with Crippen molar-refractivity contribution in [2.45, 2.75) is 32.6 Å². The molecule has 1 aliphatic heterocycles. The number of benzene rings is 2. The van der Waals surface area contributed by atoms with E-state index in [4.69, 9.17) is 0 Å². The molecule has 0 atom stereocenters. The molecule has 0 unspecified atom stereocenters. The maximum atomic E-state index is 12.9. The number of rotatable bonds is 5. The minimum Gasteiger partial charge on any atom is -0.372 e. The van der Waals surface area contributed by atoms with Crippen LogP contribution in [0.15, 0.2) is 47.6 Å². The van der Waals surface area contributed by atoms with E-state index in [1.54, 1.807) is 18.3 Å². The van der Waals surface area contributed by atoms with Gasteiger partial charge < -0.3 is 4.90 Å². The molecule has 0 spiro atoms. The Morgan fingerprint density at radius 2 is 1.88 bits per heavy atom. The summed E-state index contributed by atoms with van der Waals surface area (Å²) in [6, 6.07) is 12.2. The first-order valence-electron chi connectivity index (χ1n) is 9.04. The smallest absolute Gasteiger partial charge is 0.244 e. The Morgan fingerprint density at radius 3 is 2.58 bits per heavy atom. The van der Waals surface area contributed by atoms with E-state index < -0.39 is 0 Å². The molecule has 1 amide bonds. The Balaban J connectivity index is 1.56. The molecule has 1 saturated heterocycles. The number of halogens is 1. The molecule has 0 saturated carbocycles. The van der Waals surface area contributed by atoms with E-state index in [1.807, 2.05) is 6.07 Å². The minimum absolute atomic E-state index is 0.171. The SMILES string of the molecule is Cc1cc(N2CCCCC2)ccc1/C=N/NC(=O)Cc1ccc(F)cc1. The van der Waals surface area contributed by atoms with Crippen LogP contribution in [0.2, 0.25) is 0 Å². The number of piperidine rings is 1. The average Bonchev–Trinajstić information content (AvgIpc) is 2.65. The van der Waals surface area contributed by atoms with Gasteiger partial charge in [-0.1, -0.05) is 18.2 Å². The lowest BCUT2D eigenvalue weighted by Gasteiger charge is -2.29. The van der Waals surface area contributed by atoms with Gasteiger partial charge in [0.2, 0.25) is 5.91 Å². The molecule has 1 aliphatic rings. The van der Waals surface area contributed by atoms with E-state index in [9.17, 15) is 9.18 Å². The predicted molar refractivity (Wildman–Crippen MR) is 103 cm³/mol. The third kappa shape index (κ3) is 4.91. The van der Waals surface area contributed by atoms with Crippen LogP contribution in [0.5, 0.6) is 0 Å². The van der Waals surface area contributed by atoms with Gasteiger partial charge in [0.05, 0.1) is 12.6 Å². The summed E-state index contributed by atoms with van der Waals surface area (Å²) < 4.78 is 12.9. The molecule has 26 heavy (non-hydrogen) atoms. The zero-order valence-electron chi connectivity index (χ0n) is 15.0. The highest BCUT2D eigenvalue weighted by Crippen LogP contribution is 2.22. The monoisotopic (exact) mass is 353 g/mol. The summed E-state index contributed by atoms with van der Waals surface area (Å²) in [5.74, 6) is -0.536. The molecule has 2 aromatic carbocycles. The summed E-state index contributed by atoms with van der Waals surface area (Å²) in [5, 5.41) is 4.05. The van der Waals surface area contributed by atoms with Crippen LogP contribution in [0.4, 0.5) is 10.1 Å². The highest BCUT2D eigenvalue weighted by atomic mass is 19.1. The van der Waals surface area contributed by atoms with Gasteiger partial charge in [0.15, 0.2) is 0 Å². The number of nitrogens with zero attached hydrogens (tertiary/aromatic N) is 2. The quantitative estimate of drug-likeness (QED) is 0.656. The highest BCUT2D eigenvalue weighted by Gasteiger charge is 2.11. The standard InChI is InChI=1S/C21H24FN3O/c1-16-13-20(25-11-3-2-4-12-25)10-7-18(16)15-23-24-21(26)14-17-5-8-19(22)9-6-17/h5-10,13,15H,2-4,11-12,14H2,1H3,(H,24,26)/b23-15+. The van der Waals surface area contributed by atoms with Gasteiger partial charge in [-0.3, -0.25) is 4.79 Å². The van der Waals surface area contributed by atoms with E-state index in [-0.39, 0.29) is 18.1 Å². The summed E-state index contributed by atoms with van der Waals surface area (Å²) >= 11 is 0. The van der Waals surface area contributed by atoms with Crippen molar-refractivity contribution in [3.63, 3.8) is 0 Å². The molecular formula is C21H24FN3O. The first-order valence-corrected chi connectivity index (χ1v) is 9.04. The molecule has 1 fully saturated rings. The zero-order valence-corrected chi connectivity index (χ0v) is 15.0. The summed E-state index contributed by atoms with van der Waals surface area (Å²) in [6.45, 7) is 4.29. The normalized spacial score (nSPS) is 14.6. The van der Waals surface area contributed by atoms with Crippen LogP contribution in [0.3, 0.4) is 0 Å². The van der Waals surface area contributed by atoms with Crippen LogP contribution in [0.25, 0.3) is 0 Å². The largest absolute Gasteiger partial charge is 0.372 e. The number of nitrogens with one attached hydrogen (secondary N) is 1. The predicted octanol–water partition coefficient (Wildman–Crippen LogP) is 3.82. The van der Waals surface area contributed by atoms with Gasteiger partial charge in [-0.25, -0.2) is 9.82 Å². The summed E-state index contributed by atoms with van der Waals surface area (Å²) in [7, 11) is 0. The molecular weight excluding hydrogens is 329 g/mol. The average molecular weight is 353 g/mol. The lowest BCUT2D eigenvalue weighted by Crippen LogP contribution is -2.29. The molecule has 5 heteroatoms.